The third-order valence-corrected chi connectivity index (χ3v) is 5.78. The van der Waals surface area contributed by atoms with Crippen LogP contribution < -0.4 is 15.1 Å². The number of hydrogen-bond acceptors (Lipinski definition) is 5. The van der Waals surface area contributed by atoms with Crippen LogP contribution >= 0.6 is 0 Å². The molecule has 3 heterocycles. The van der Waals surface area contributed by atoms with Crippen LogP contribution in [-0.4, -0.2) is 57.5 Å². The normalized spacial score (nSPS) is 25.8. The molecular formula is C19H22FN3O4. The van der Waals surface area contributed by atoms with E-state index in [2.05, 4.69) is 5.32 Å². The summed E-state index contributed by atoms with van der Waals surface area (Å²) in [6.07, 6.45) is 0.928. The summed E-state index contributed by atoms with van der Waals surface area (Å²) in [6.45, 7) is 3.70. The van der Waals surface area contributed by atoms with Crippen LogP contribution in [0, 0.1) is 17.2 Å². The second-order valence-electron chi connectivity index (χ2n) is 8.12. The predicted octanol–water partition coefficient (Wildman–Crippen LogP) is 1.51. The first-order chi connectivity index (χ1) is 13.0. The molecule has 3 saturated heterocycles. The number of ether oxygens (including phenoxy) is 2. The molecule has 2 amide bonds. The molecule has 0 aromatic heterocycles. The molecule has 5 rings (SSSR count). The van der Waals surface area contributed by atoms with Crippen molar-refractivity contribution in [2.45, 2.75) is 18.9 Å². The number of benzene rings is 1. The first kappa shape index (κ1) is 16.8. The van der Waals surface area contributed by atoms with Gasteiger partial charge in [0.15, 0.2) is 0 Å². The summed E-state index contributed by atoms with van der Waals surface area (Å²) in [5.74, 6) is -0.211. The minimum Gasteiger partial charge on any atom is -0.442 e. The standard InChI is InChI=1S/C19H22FN3O4/c20-15-5-13(3-4-16(15)22-8-19(9-22)10-26-11-19)23-7-14(27-18(23)25)6-21-17(24)12-1-2-12/h3-5,12,14H,1-2,6-11H2,(H,21,24)/t14-/m0/s1. The SMILES string of the molecule is O=C(NC[C@H]1CN(c2ccc(N3CC4(COC4)C3)c(F)c2)C(=O)O1)C1CC1. The highest BCUT2D eigenvalue weighted by atomic mass is 19.1. The molecule has 1 saturated carbocycles. The van der Waals surface area contributed by atoms with E-state index in [1.54, 1.807) is 12.1 Å². The van der Waals surface area contributed by atoms with E-state index in [1.165, 1.54) is 11.0 Å². The number of rotatable bonds is 5. The maximum absolute atomic E-state index is 14.6. The summed E-state index contributed by atoms with van der Waals surface area (Å²) in [5.41, 5.74) is 1.23. The highest BCUT2D eigenvalue weighted by Gasteiger charge is 2.49. The van der Waals surface area contributed by atoms with Gasteiger partial charge in [-0.25, -0.2) is 9.18 Å². The third kappa shape index (κ3) is 3.01. The summed E-state index contributed by atoms with van der Waals surface area (Å²) in [6, 6.07) is 4.84. The van der Waals surface area contributed by atoms with Gasteiger partial charge in [-0.05, 0) is 31.0 Å². The van der Waals surface area contributed by atoms with Crippen molar-refractivity contribution in [1.29, 1.82) is 0 Å². The highest BCUT2D eigenvalue weighted by Crippen LogP contribution is 2.41. The molecule has 3 aliphatic heterocycles. The lowest BCUT2D eigenvalue weighted by Gasteiger charge is -2.56. The zero-order chi connectivity index (χ0) is 18.6. The molecule has 8 heteroatoms. The van der Waals surface area contributed by atoms with Crippen molar-refractivity contribution in [2.75, 3.05) is 49.2 Å². The average molecular weight is 375 g/mol. The first-order valence-electron chi connectivity index (χ1n) is 9.41. The van der Waals surface area contributed by atoms with E-state index in [0.717, 1.165) is 39.1 Å². The van der Waals surface area contributed by atoms with Crippen LogP contribution in [0.1, 0.15) is 12.8 Å². The minimum atomic E-state index is -0.512. The van der Waals surface area contributed by atoms with Gasteiger partial charge in [0.2, 0.25) is 5.91 Å². The van der Waals surface area contributed by atoms with Gasteiger partial charge in [-0.15, -0.1) is 0 Å². The average Bonchev–Trinajstić information content (AvgIpc) is 3.35. The molecular weight excluding hydrogens is 353 g/mol. The fraction of sp³-hybridized carbons (Fsp3) is 0.579. The number of cyclic esters (lactones) is 1. The van der Waals surface area contributed by atoms with Gasteiger partial charge < -0.3 is 19.7 Å². The van der Waals surface area contributed by atoms with Crippen LogP contribution in [0.4, 0.5) is 20.6 Å². The maximum Gasteiger partial charge on any atom is 0.414 e. The first-order valence-corrected chi connectivity index (χ1v) is 9.41. The Morgan fingerprint density at radius 1 is 1.30 bits per heavy atom. The Labute approximate surface area is 156 Å². The molecule has 1 atom stereocenters. The van der Waals surface area contributed by atoms with E-state index in [0.29, 0.717) is 17.9 Å². The highest BCUT2D eigenvalue weighted by molar-refractivity contribution is 5.90. The molecule has 7 nitrogen and oxygen atoms in total. The van der Waals surface area contributed by atoms with E-state index in [4.69, 9.17) is 9.47 Å². The van der Waals surface area contributed by atoms with Gasteiger partial charge in [-0.3, -0.25) is 9.69 Å². The zero-order valence-electron chi connectivity index (χ0n) is 14.9. The van der Waals surface area contributed by atoms with E-state index in [9.17, 15) is 14.0 Å². The summed E-state index contributed by atoms with van der Waals surface area (Å²) in [7, 11) is 0. The number of nitrogens with zero attached hydrogens (tertiary/aromatic N) is 2. The van der Waals surface area contributed by atoms with E-state index >= 15 is 0 Å². The number of nitrogens with one attached hydrogen (secondary N) is 1. The number of anilines is 2. The van der Waals surface area contributed by atoms with Gasteiger partial charge in [0.1, 0.15) is 11.9 Å². The van der Waals surface area contributed by atoms with E-state index < -0.39 is 12.2 Å². The van der Waals surface area contributed by atoms with Crippen LogP contribution in [0.15, 0.2) is 18.2 Å². The molecule has 0 unspecified atom stereocenters. The number of carbonyl (C=O) groups is 2. The predicted molar refractivity (Wildman–Crippen MR) is 95.2 cm³/mol. The Kier molecular flexibility index (Phi) is 3.79. The van der Waals surface area contributed by atoms with Crippen LogP contribution in [0.5, 0.6) is 0 Å². The monoisotopic (exact) mass is 375 g/mol. The van der Waals surface area contributed by atoms with Gasteiger partial charge in [0, 0.05) is 19.0 Å². The van der Waals surface area contributed by atoms with Crippen molar-refractivity contribution in [3.63, 3.8) is 0 Å². The quantitative estimate of drug-likeness (QED) is 0.845. The van der Waals surface area contributed by atoms with Crippen LogP contribution in [-0.2, 0) is 14.3 Å². The van der Waals surface area contributed by atoms with Crippen molar-refractivity contribution < 1.29 is 23.5 Å². The van der Waals surface area contributed by atoms with E-state index in [1.807, 2.05) is 4.90 Å². The fourth-order valence-corrected chi connectivity index (χ4v) is 3.97. The van der Waals surface area contributed by atoms with Gasteiger partial charge >= 0.3 is 6.09 Å². The van der Waals surface area contributed by atoms with Crippen molar-refractivity contribution in [3.8, 4) is 0 Å². The molecule has 1 N–H and O–H groups in total. The van der Waals surface area contributed by atoms with Crippen molar-refractivity contribution in [2.24, 2.45) is 11.3 Å². The second-order valence-corrected chi connectivity index (χ2v) is 8.12. The third-order valence-electron chi connectivity index (χ3n) is 5.78. The number of hydrogen-bond donors (Lipinski definition) is 1. The Morgan fingerprint density at radius 2 is 2.07 bits per heavy atom. The Balaban J connectivity index is 1.21. The summed E-state index contributed by atoms with van der Waals surface area (Å²) in [4.78, 5) is 27.3. The van der Waals surface area contributed by atoms with Crippen LogP contribution in [0.3, 0.4) is 0 Å². The minimum absolute atomic E-state index is 0.0177. The molecule has 1 aromatic carbocycles. The molecule has 27 heavy (non-hydrogen) atoms. The molecule has 1 spiro atoms. The molecule has 0 bridgehead atoms. The Morgan fingerprint density at radius 3 is 2.70 bits per heavy atom. The van der Waals surface area contributed by atoms with Gasteiger partial charge in [0.25, 0.3) is 0 Å². The largest absolute Gasteiger partial charge is 0.442 e. The second kappa shape index (κ2) is 6.09. The summed E-state index contributed by atoms with van der Waals surface area (Å²) < 4.78 is 25.2. The summed E-state index contributed by atoms with van der Waals surface area (Å²) >= 11 is 0. The molecule has 4 aliphatic rings. The van der Waals surface area contributed by atoms with Gasteiger partial charge in [-0.1, -0.05) is 0 Å². The molecule has 1 aromatic rings. The summed E-state index contributed by atoms with van der Waals surface area (Å²) in [5, 5.41) is 2.81. The topological polar surface area (TPSA) is 71.1 Å². The lowest BCUT2D eigenvalue weighted by Crippen LogP contribution is -2.66. The van der Waals surface area contributed by atoms with Gasteiger partial charge in [0.05, 0.1) is 43.1 Å². The lowest BCUT2D eigenvalue weighted by atomic mass is 9.78. The number of amides is 2. The molecule has 0 radical (unpaired) electrons. The molecule has 1 aliphatic carbocycles. The van der Waals surface area contributed by atoms with Crippen LogP contribution in [0.2, 0.25) is 0 Å². The van der Waals surface area contributed by atoms with Crippen LogP contribution in [0.25, 0.3) is 0 Å². The van der Waals surface area contributed by atoms with E-state index in [-0.39, 0.29) is 29.6 Å². The zero-order valence-corrected chi connectivity index (χ0v) is 14.9. The fourth-order valence-electron chi connectivity index (χ4n) is 3.97. The molecule has 144 valence electrons. The van der Waals surface area contributed by atoms with Gasteiger partial charge in [-0.2, -0.15) is 0 Å². The Hall–Kier alpha value is -2.35. The Bertz CT molecular complexity index is 785. The maximum atomic E-state index is 14.6. The van der Waals surface area contributed by atoms with Crippen molar-refractivity contribution >= 4 is 23.4 Å². The number of carbonyl (C=O) groups excluding carboxylic acids is 2. The smallest absolute Gasteiger partial charge is 0.414 e. The number of halogens is 1. The van der Waals surface area contributed by atoms with Crippen molar-refractivity contribution in [3.05, 3.63) is 24.0 Å². The lowest BCUT2D eigenvalue weighted by molar-refractivity contribution is -0.127. The van der Waals surface area contributed by atoms with Crippen molar-refractivity contribution in [1.82, 2.24) is 5.32 Å². The molecule has 4 fully saturated rings.